The summed E-state index contributed by atoms with van der Waals surface area (Å²) in [6.07, 6.45) is 4.42. The molecule has 4 heterocycles. The molecule has 2 aliphatic rings. The Balaban J connectivity index is 1.23. The summed E-state index contributed by atoms with van der Waals surface area (Å²) in [7, 11) is 0. The second kappa shape index (κ2) is 10.8. The lowest BCUT2D eigenvalue weighted by Crippen LogP contribution is -2.48. The minimum atomic E-state index is -0.267. The minimum Gasteiger partial charge on any atom is -0.484 e. The Labute approximate surface area is 209 Å². The van der Waals surface area contributed by atoms with Crippen molar-refractivity contribution in [2.24, 2.45) is 0 Å². The highest BCUT2D eigenvalue weighted by molar-refractivity contribution is 5.78. The summed E-state index contributed by atoms with van der Waals surface area (Å²) in [6, 6.07) is 12.9. The number of carbonyl (C=O) groups is 2. The molecule has 0 radical (unpaired) electrons. The number of hydrogen-bond acceptors (Lipinski definition) is 8. The van der Waals surface area contributed by atoms with Crippen LogP contribution in [-0.4, -0.2) is 76.1 Å². The molecular weight excluding hydrogens is 460 g/mol. The van der Waals surface area contributed by atoms with Crippen molar-refractivity contribution in [2.45, 2.75) is 32.2 Å². The molecule has 2 saturated heterocycles. The number of pyridine rings is 1. The van der Waals surface area contributed by atoms with Crippen LogP contribution >= 0.6 is 0 Å². The van der Waals surface area contributed by atoms with E-state index in [1.165, 1.54) is 0 Å². The molecular formula is C26H30N6O4. The third-order valence-corrected chi connectivity index (χ3v) is 6.71. The Morgan fingerprint density at radius 1 is 1.03 bits per heavy atom. The third kappa shape index (κ3) is 5.32. The second-order valence-corrected chi connectivity index (χ2v) is 9.05. The van der Waals surface area contributed by atoms with Gasteiger partial charge >= 0.3 is 0 Å². The number of anilines is 1. The minimum absolute atomic E-state index is 0.0342. The lowest BCUT2D eigenvalue weighted by molar-refractivity contribution is -0.138. The van der Waals surface area contributed by atoms with Gasteiger partial charge in [0.15, 0.2) is 6.61 Å². The van der Waals surface area contributed by atoms with Crippen LogP contribution in [-0.2, 0) is 9.59 Å². The Kier molecular flexibility index (Phi) is 7.11. The molecule has 0 N–H and O–H groups in total. The molecule has 0 bridgehead atoms. The zero-order valence-corrected chi connectivity index (χ0v) is 20.4. The topological polar surface area (TPSA) is 105 Å². The highest BCUT2D eigenvalue weighted by atomic mass is 16.5. The van der Waals surface area contributed by atoms with Gasteiger partial charge in [0.2, 0.25) is 17.6 Å². The van der Waals surface area contributed by atoms with E-state index in [-0.39, 0.29) is 24.5 Å². The first-order valence-electron chi connectivity index (χ1n) is 12.4. The van der Waals surface area contributed by atoms with Gasteiger partial charge in [0.25, 0.3) is 5.91 Å². The number of carbonyl (C=O) groups excluding carboxylic acids is 2. The molecule has 3 aromatic rings. The van der Waals surface area contributed by atoms with Crippen LogP contribution < -0.4 is 9.64 Å². The number of piperazine rings is 1. The molecule has 2 aliphatic heterocycles. The molecule has 1 aromatic carbocycles. The number of nitrogens with zero attached hydrogens (tertiary/aromatic N) is 6. The molecule has 0 saturated carbocycles. The van der Waals surface area contributed by atoms with Gasteiger partial charge in [-0.05, 0) is 43.5 Å². The van der Waals surface area contributed by atoms with E-state index >= 15 is 0 Å². The molecule has 2 amide bonds. The van der Waals surface area contributed by atoms with Crippen LogP contribution in [0.3, 0.4) is 0 Å². The fraction of sp³-hybridized carbons (Fsp3) is 0.423. The van der Waals surface area contributed by atoms with Crippen molar-refractivity contribution in [1.82, 2.24) is 24.9 Å². The Morgan fingerprint density at radius 2 is 1.83 bits per heavy atom. The van der Waals surface area contributed by atoms with E-state index in [4.69, 9.17) is 9.26 Å². The number of hydrogen-bond donors (Lipinski definition) is 0. The SMILES string of the molecule is CC(=O)N1CCN(c2ccc(-c3noc([C@H]4CCCCN4C(=O)COc4ccccc4)n3)cn2)CC1. The fourth-order valence-electron chi connectivity index (χ4n) is 4.68. The summed E-state index contributed by atoms with van der Waals surface area (Å²) in [5.74, 6) is 2.41. The first kappa shape index (κ1) is 23.8. The molecule has 10 heteroatoms. The molecule has 0 aliphatic carbocycles. The van der Waals surface area contributed by atoms with Crippen molar-refractivity contribution in [2.75, 3.05) is 44.2 Å². The number of aromatic nitrogens is 3. The smallest absolute Gasteiger partial charge is 0.261 e. The van der Waals surface area contributed by atoms with Gasteiger partial charge in [-0.3, -0.25) is 9.59 Å². The van der Waals surface area contributed by atoms with Crippen LogP contribution in [0.2, 0.25) is 0 Å². The van der Waals surface area contributed by atoms with Crippen LogP contribution in [0.1, 0.15) is 38.1 Å². The van der Waals surface area contributed by atoms with Crippen molar-refractivity contribution >= 4 is 17.6 Å². The van der Waals surface area contributed by atoms with Gasteiger partial charge in [-0.25, -0.2) is 4.98 Å². The Hall–Kier alpha value is -3.95. The van der Waals surface area contributed by atoms with Crippen molar-refractivity contribution < 1.29 is 18.8 Å². The van der Waals surface area contributed by atoms with Gasteiger partial charge in [0.05, 0.1) is 0 Å². The summed E-state index contributed by atoms with van der Waals surface area (Å²) < 4.78 is 11.3. The molecule has 2 fully saturated rings. The third-order valence-electron chi connectivity index (χ3n) is 6.71. The zero-order chi connectivity index (χ0) is 24.9. The summed E-state index contributed by atoms with van der Waals surface area (Å²) in [5.41, 5.74) is 0.747. The maximum atomic E-state index is 13.0. The van der Waals surface area contributed by atoms with E-state index < -0.39 is 0 Å². The number of likely N-dealkylation sites (tertiary alicyclic amines) is 1. The number of rotatable bonds is 6. The van der Waals surface area contributed by atoms with E-state index in [0.29, 0.717) is 37.1 Å². The molecule has 5 rings (SSSR count). The van der Waals surface area contributed by atoms with Crippen LogP contribution in [0.15, 0.2) is 53.2 Å². The summed E-state index contributed by atoms with van der Waals surface area (Å²) in [6.45, 7) is 5.08. The van der Waals surface area contributed by atoms with E-state index in [2.05, 4.69) is 20.0 Å². The first-order chi connectivity index (χ1) is 17.6. The molecule has 0 unspecified atom stereocenters. The van der Waals surface area contributed by atoms with Gasteiger partial charge in [-0.2, -0.15) is 4.98 Å². The maximum Gasteiger partial charge on any atom is 0.261 e. The largest absolute Gasteiger partial charge is 0.484 e. The number of piperidine rings is 1. The normalized spacial score (nSPS) is 18.2. The fourth-order valence-corrected chi connectivity index (χ4v) is 4.68. The van der Waals surface area contributed by atoms with E-state index in [1.807, 2.05) is 47.4 Å². The van der Waals surface area contributed by atoms with E-state index in [1.54, 1.807) is 18.0 Å². The zero-order valence-electron chi connectivity index (χ0n) is 20.4. The van der Waals surface area contributed by atoms with Crippen molar-refractivity contribution in [3.05, 3.63) is 54.6 Å². The standard InChI is InChI=1S/C26H30N6O4/c1-19(33)30-13-15-31(16-14-30)23-11-10-20(17-27-23)25-28-26(36-29-25)22-9-5-6-12-32(22)24(34)18-35-21-7-3-2-4-8-21/h2-4,7-8,10-11,17,22H,5-6,9,12-16,18H2,1H3/t22-/m1/s1. The molecule has 2 aromatic heterocycles. The number of ether oxygens (including phenoxy) is 1. The van der Waals surface area contributed by atoms with Crippen LogP contribution in [0.4, 0.5) is 5.82 Å². The predicted octanol–water partition coefficient (Wildman–Crippen LogP) is 2.93. The summed E-state index contributed by atoms with van der Waals surface area (Å²) in [5, 5.41) is 4.17. The monoisotopic (exact) mass is 490 g/mol. The quantitative estimate of drug-likeness (QED) is 0.519. The molecule has 0 spiro atoms. The number of benzene rings is 1. The van der Waals surface area contributed by atoms with Gasteiger partial charge < -0.3 is 24.0 Å². The van der Waals surface area contributed by atoms with Crippen LogP contribution in [0.25, 0.3) is 11.4 Å². The number of amides is 2. The molecule has 188 valence electrons. The molecule has 1 atom stereocenters. The highest BCUT2D eigenvalue weighted by Gasteiger charge is 2.32. The second-order valence-electron chi connectivity index (χ2n) is 9.05. The van der Waals surface area contributed by atoms with Crippen LogP contribution in [0.5, 0.6) is 5.75 Å². The summed E-state index contributed by atoms with van der Waals surface area (Å²) in [4.78, 5) is 39.5. The summed E-state index contributed by atoms with van der Waals surface area (Å²) >= 11 is 0. The van der Waals surface area contributed by atoms with Gasteiger partial charge in [-0.15, -0.1) is 0 Å². The van der Waals surface area contributed by atoms with Crippen molar-refractivity contribution in [3.8, 4) is 17.1 Å². The van der Waals surface area contributed by atoms with Gasteiger partial charge in [0.1, 0.15) is 17.6 Å². The lowest BCUT2D eigenvalue weighted by atomic mass is 10.0. The van der Waals surface area contributed by atoms with Crippen molar-refractivity contribution in [3.63, 3.8) is 0 Å². The number of para-hydroxylation sites is 1. The van der Waals surface area contributed by atoms with E-state index in [0.717, 1.165) is 43.7 Å². The first-order valence-corrected chi connectivity index (χ1v) is 12.4. The lowest BCUT2D eigenvalue weighted by Gasteiger charge is -2.34. The van der Waals surface area contributed by atoms with E-state index in [9.17, 15) is 9.59 Å². The molecule has 10 nitrogen and oxygen atoms in total. The highest BCUT2D eigenvalue weighted by Crippen LogP contribution is 2.31. The van der Waals surface area contributed by atoms with Crippen molar-refractivity contribution in [1.29, 1.82) is 0 Å². The average Bonchev–Trinajstić information content (AvgIpc) is 3.43. The van der Waals surface area contributed by atoms with Gasteiger partial charge in [0, 0.05) is 51.4 Å². The average molecular weight is 491 g/mol. The van der Waals surface area contributed by atoms with Crippen LogP contribution in [0, 0.1) is 0 Å². The Morgan fingerprint density at radius 3 is 2.56 bits per heavy atom. The predicted molar refractivity (Wildman–Crippen MR) is 132 cm³/mol. The molecule has 36 heavy (non-hydrogen) atoms. The Bertz CT molecular complexity index is 1170. The maximum absolute atomic E-state index is 13.0. The van der Waals surface area contributed by atoms with Gasteiger partial charge in [-0.1, -0.05) is 23.4 Å².